The fourth-order valence-corrected chi connectivity index (χ4v) is 3.40. The number of aryl methyl sites for hydroxylation is 1. The van der Waals surface area contributed by atoms with E-state index in [2.05, 4.69) is 15.3 Å². The molecule has 0 aliphatic rings. The van der Waals surface area contributed by atoms with Crippen LogP contribution >= 0.6 is 11.6 Å². The largest absolute Gasteiger partial charge is 0.338 e. The molecule has 1 heterocycles. The summed E-state index contributed by atoms with van der Waals surface area (Å²) in [6, 6.07) is 6.44. The molecule has 0 spiro atoms. The maximum absolute atomic E-state index is 12.5. The van der Waals surface area contributed by atoms with Crippen LogP contribution in [0.4, 0.5) is 11.5 Å². The zero-order valence-corrected chi connectivity index (χ0v) is 14.4. The SMILES string of the molecule is Cc1nc(Cl)nc(Nc2ccccc2S(=O)(=O)C(C)C)c1C=O. The zero-order chi connectivity index (χ0) is 17.2. The predicted molar refractivity (Wildman–Crippen MR) is 89.2 cm³/mol. The van der Waals surface area contributed by atoms with E-state index in [4.69, 9.17) is 11.6 Å². The van der Waals surface area contributed by atoms with Gasteiger partial charge in [-0.2, -0.15) is 4.98 Å². The lowest BCUT2D eigenvalue weighted by Gasteiger charge is -2.15. The lowest BCUT2D eigenvalue weighted by Crippen LogP contribution is -2.16. The van der Waals surface area contributed by atoms with Crippen LogP contribution in [0.15, 0.2) is 29.2 Å². The van der Waals surface area contributed by atoms with E-state index in [0.717, 1.165) is 0 Å². The minimum Gasteiger partial charge on any atom is -0.338 e. The Kier molecular flexibility index (Phi) is 5.01. The first-order valence-electron chi connectivity index (χ1n) is 6.86. The van der Waals surface area contributed by atoms with Gasteiger partial charge in [0.25, 0.3) is 0 Å². The predicted octanol–water partition coefficient (Wildman–Crippen LogP) is 3.18. The molecule has 0 fully saturated rings. The Bertz CT molecular complexity index is 851. The Hall–Kier alpha value is -1.99. The molecule has 0 atom stereocenters. The smallest absolute Gasteiger partial charge is 0.224 e. The third-order valence-electron chi connectivity index (χ3n) is 3.29. The Balaban J connectivity index is 2.58. The molecule has 0 amide bonds. The van der Waals surface area contributed by atoms with E-state index in [1.165, 1.54) is 6.07 Å². The number of para-hydroxylation sites is 1. The van der Waals surface area contributed by atoms with Crippen LogP contribution in [0.5, 0.6) is 0 Å². The third kappa shape index (κ3) is 3.51. The molecule has 1 aromatic heterocycles. The molecule has 0 saturated carbocycles. The zero-order valence-electron chi connectivity index (χ0n) is 12.9. The van der Waals surface area contributed by atoms with E-state index in [9.17, 15) is 13.2 Å². The van der Waals surface area contributed by atoms with Crippen LogP contribution in [0.3, 0.4) is 0 Å². The Labute approximate surface area is 139 Å². The number of hydrogen-bond acceptors (Lipinski definition) is 6. The van der Waals surface area contributed by atoms with Gasteiger partial charge in [0.1, 0.15) is 5.82 Å². The van der Waals surface area contributed by atoms with Crippen molar-refractivity contribution >= 4 is 39.2 Å². The van der Waals surface area contributed by atoms with Gasteiger partial charge in [0.15, 0.2) is 16.1 Å². The number of hydrogen-bond donors (Lipinski definition) is 1. The molecule has 0 aliphatic carbocycles. The van der Waals surface area contributed by atoms with Crippen molar-refractivity contribution in [1.29, 1.82) is 0 Å². The average Bonchev–Trinajstić information content (AvgIpc) is 2.47. The molecule has 2 aromatic rings. The number of aldehydes is 1. The monoisotopic (exact) mass is 353 g/mol. The van der Waals surface area contributed by atoms with Gasteiger partial charge in [0, 0.05) is 0 Å². The molecule has 0 unspecified atom stereocenters. The van der Waals surface area contributed by atoms with Gasteiger partial charge in [-0.15, -0.1) is 0 Å². The standard InChI is InChI=1S/C15H16ClN3O3S/c1-9(2)23(21,22)13-7-5-4-6-12(13)18-14-11(8-20)10(3)17-15(16)19-14/h4-9H,1-3H3,(H,17,18,19). The van der Waals surface area contributed by atoms with Crippen LogP contribution in [-0.2, 0) is 9.84 Å². The van der Waals surface area contributed by atoms with E-state index >= 15 is 0 Å². The number of nitrogens with one attached hydrogen (secondary N) is 1. The topological polar surface area (TPSA) is 89.0 Å². The van der Waals surface area contributed by atoms with Crippen LogP contribution in [0, 0.1) is 6.92 Å². The third-order valence-corrected chi connectivity index (χ3v) is 5.67. The first-order chi connectivity index (χ1) is 10.8. The van der Waals surface area contributed by atoms with Crippen LogP contribution in [0.1, 0.15) is 29.9 Å². The number of carbonyl (C=O) groups is 1. The molecule has 0 radical (unpaired) electrons. The van der Waals surface area contributed by atoms with E-state index in [0.29, 0.717) is 17.7 Å². The Morgan fingerprint density at radius 1 is 1.22 bits per heavy atom. The summed E-state index contributed by atoms with van der Waals surface area (Å²) in [6.07, 6.45) is 0.605. The highest BCUT2D eigenvalue weighted by molar-refractivity contribution is 7.92. The maximum Gasteiger partial charge on any atom is 0.224 e. The molecule has 2 rings (SSSR count). The summed E-state index contributed by atoms with van der Waals surface area (Å²) in [5.74, 6) is 0.170. The number of benzene rings is 1. The number of nitrogens with zero attached hydrogens (tertiary/aromatic N) is 2. The van der Waals surface area contributed by atoms with Crippen molar-refractivity contribution in [1.82, 2.24) is 9.97 Å². The minimum atomic E-state index is -3.49. The van der Waals surface area contributed by atoms with E-state index in [-0.39, 0.29) is 21.6 Å². The van der Waals surface area contributed by atoms with Crippen molar-refractivity contribution < 1.29 is 13.2 Å². The van der Waals surface area contributed by atoms with Crippen LogP contribution < -0.4 is 5.32 Å². The summed E-state index contributed by atoms with van der Waals surface area (Å²) in [7, 11) is -3.49. The van der Waals surface area contributed by atoms with Gasteiger partial charge in [0.2, 0.25) is 5.28 Å². The average molecular weight is 354 g/mol. The number of carbonyl (C=O) groups excluding carboxylic acids is 1. The van der Waals surface area contributed by atoms with Gasteiger partial charge in [0.05, 0.1) is 27.1 Å². The highest BCUT2D eigenvalue weighted by Crippen LogP contribution is 2.28. The van der Waals surface area contributed by atoms with Gasteiger partial charge in [-0.05, 0) is 44.5 Å². The fraction of sp³-hybridized carbons (Fsp3) is 0.267. The second kappa shape index (κ2) is 6.64. The fourth-order valence-electron chi connectivity index (χ4n) is 1.98. The van der Waals surface area contributed by atoms with Crippen molar-refractivity contribution in [3.8, 4) is 0 Å². The van der Waals surface area contributed by atoms with Gasteiger partial charge < -0.3 is 5.32 Å². The highest BCUT2D eigenvalue weighted by atomic mass is 35.5. The Morgan fingerprint density at radius 3 is 2.48 bits per heavy atom. The second-order valence-corrected chi connectivity index (χ2v) is 7.98. The normalized spacial score (nSPS) is 11.5. The summed E-state index contributed by atoms with van der Waals surface area (Å²) in [6.45, 7) is 4.84. The molecule has 0 saturated heterocycles. The highest BCUT2D eigenvalue weighted by Gasteiger charge is 2.23. The lowest BCUT2D eigenvalue weighted by molar-refractivity contribution is 0.112. The molecule has 0 aliphatic heterocycles. The van der Waals surface area contributed by atoms with Crippen molar-refractivity contribution in [2.75, 3.05) is 5.32 Å². The van der Waals surface area contributed by atoms with Crippen molar-refractivity contribution in [2.45, 2.75) is 30.9 Å². The molecule has 8 heteroatoms. The number of rotatable bonds is 5. The Morgan fingerprint density at radius 2 is 1.87 bits per heavy atom. The maximum atomic E-state index is 12.5. The number of halogens is 1. The van der Waals surface area contributed by atoms with E-state index in [1.807, 2.05) is 0 Å². The minimum absolute atomic E-state index is 0.0280. The second-order valence-electron chi connectivity index (χ2n) is 5.17. The van der Waals surface area contributed by atoms with Gasteiger partial charge in [-0.3, -0.25) is 4.79 Å². The molecule has 6 nitrogen and oxygen atoms in total. The van der Waals surface area contributed by atoms with Crippen molar-refractivity contribution in [2.24, 2.45) is 0 Å². The summed E-state index contributed by atoms with van der Waals surface area (Å²) < 4.78 is 24.9. The molecule has 23 heavy (non-hydrogen) atoms. The first-order valence-corrected chi connectivity index (χ1v) is 8.79. The van der Waals surface area contributed by atoms with E-state index < -0.39 is 15.1 Å². The summed E-state index contributed by atoms with van der Waals surface area (Å²) in [5.41, 5.74) is 0.969. The molecule has 1 N–H and O–H groups in total. The number of aromatic nitrogens is 2. The summed E-state index contributed by atoms with van der Waals surface area (Å²) in [5, 5.41) is 2.28. The molecular formula is C15H16ClN3O3S. The van der Waals surface area contributed by atoms with E-state index in [1.54, 1.807) is 39.0 Å². The molecular weight excluding hydrogens is 338 g/mol. The van der Waals surface area contributed by atoms with Crippen LogP contribution in [-0.4, -0.2) is 29.9 Å². The molecule has 122 valence electrons. The summed E-state index contributed by atoms with van der Waals surface area (Å²) in [4.78, 5) is 19.3. The quantitative estimate of drug-likeness (QED) is 0.656. The van der Waals surface area contributed by atoms with Crippen LogP contribution in [0.25, 0.3) is 0 Å². The van der Waals surface area contributed by atoms with Crippen molar-refractivity contribution in [3.63, 3.8) is 0 Å². The van der Waals surface area contributed by atoms with Gasteiger partial charge in [-0.1, -0.05) is 12.1 Å². The van der Waals surface area contributed by atoms with Crippen molar-refractivity contribution in [3.05, 3.63) is 40.8 Å². The number of sulfone groups is 1. The summed E-state index contributed by atoms with van der Waals surface area (Å²) >= 11 is 5.83. The van der Waals surface area contributed by atoms with Gasteiger partial charge >= 0.3 is 0 Å². The number of anilines is 2. The lowest BCUT2D eigenvalue weighted by atomic mass is 10.2. The first kappa shape index (κ1) is 17.4. The van der Waals surface area contributed by atoms with Crippen LogP contribution in [0.2, 0.25) is 5.28 Å². The van der Waals surface area contributed by atoms with Gasteiger partial charge in [-0.25, -0.2) is 13.4 Å². The molecule has 1 aromatic carbocycles. The molecule has 0 bridgehead atoms.